The van der Waals surface area contributed by atoms with Gasteiger partial charge in [-0.2, -0.15) is 13.2 Å². The minimum Gasteiger partial charge on any atom is -0.508 e. The van der Waals surface area contributed by atoms with E-state index in [0.29, 0.717) is 24.3 Å². The van der Waals surface area contributed by atoms with E-state index in [1.165, 1.54) is 12.1 Å². The molecule has 2 aromatic carbocycles. The fraction of sp³-hybridized carbons (Fsp3) is 0.250. The summed E-state index contributed by atoms with van der Waals surface area (Å²) in [5.41, 5.74) is 0.662. The van der Waals surface area contributed by atoms with Gasteiger partial charge in [-0.05, 0) is 23.8 Å². The van der Waals surface area contributed by atoms with Crippen molar-refractivity contribution < 1.29 is 23.0 Å². The van der Waals surface area contributed by atoms with Crippen LogP contribution in [0.3, 0.4) is 0 Å². The van der Waals surface area contributed by atoms with E-state index in [-0.39, 0.29) is 11.9 Å². The van der Waals surface area contributed by atoms with Gasteiger partial charge in [-0.15, -0.1) is 0 Å². The zero-order chi connectivity index (χ0) is 15.7. The number of benzene rings is 2. The lowest BCUT2D eigenvalue weighted by Crippen LogP contribution is -2.32. The minimum atomic E-state index is -4.35. The number of fused-ring (bicyclic) bond motifs is 1. The highest BCUT2D eigenvalue weighted by Gasteiger charge is 2.30. The molecule has 2 aromatic rings. The second kappa shape index (κ2) is 5.44. The van der Waals surface area contributed by atoms with E-state index in [2.05, 4.69) is 5.32 Å². The molecular weight excluding hydrogens is 295 g/mol. The molecule has 2 N–H and O–H groups in total. The summed E-state index contributed by atoms with van der Waals surface area (Å²) < 4.78 is 43.9. The molecule has 1 aliphatic heterocycles. The molecule has 0 saturated heterocycles. The average Bonchev–Trinajstić information content (AvgIpc) is 2.46. The fourth-order valence-corrected chi connectivity index (χ4v) is 2.45. The Balaban J connectivity index is 1.75. The van der Waals surface area contributed by atoms with Gasteiger partial charge in [-0.3, -0.25) is 0 Å². The monoisotopic (exact) mass is 309 g/mol. The predicted molar refractivity (Wildman–Crippen MR) is 76.2 cm³/mol. The van der Waals surface area contributed by atoms with Crippen molar-refractivity contribution in [3.8, 4) is 11.5 Å². The van der Waals surface area contributed by atoms with Gasteiger partial charge in [0.05, 0.1) is 17.8 Å². The van der Waals surface area contributed by atoms with Crippen molar-refractivity contribution in [1.82, 2.24) is 0 Å². The van der Waals surface area contributed by atoms with Gasteiger partial charge in [0.25, 0.3) is 0 Å². The molecule has 0 fully saturated rings. The van der Waals surface area contributed by atoms with Gasteiger partial charge in [0.15, 0.2) is 0 Å². The van der Waals surface area contributed by atoms with Crippen LogP contribution in [0.4, 0.5) is 18.9 Å². The number of phenolic OH excluding ortho intramolecular Hbond substituents is 1. The number of ether oxygens (including phenoxy) is 1. The zero-order valence-electron chi connectivity index (χ0n) is 11.5. The Labute approximate surface area is 125 Å². The standard InChI is InChI=1S/C16H14F3NO2/c17-16(18,19)11-3-1-2-10(6-11)7-13-9-20-14-5-4-12(21)8-15(14)22-13/h1-6,8,13,20-21H,7,9H2. The third-order valence-electron chi connectivity index (χ3n) is 3.50. The van der Waals surface area contributed by atoms with Crippen LogP contribution in [-0.4, -0.2) is 17.8 Å². The molecular formula is C16H14F3NO2. The summed E-state index contributed by atoms with van der Waals surface area (Å²) in [5.74, 6) is 0.587. The summed E-state index contributed by atoms with van der Waals surface area (Å²) in [6.07, 6.45) is -4.29. The van der Waals surface area contributed by atoms with Gasteiger partial charge in [0.2, 0.25) is 0 Å². The summed E-state index contributed by atoms with van der Waals surface area (Å²) in [6.45, 7) is 0.494. The van der Waals surface area contributed by atoms with Crippen LogP contribution in [0.5, 0.6) is 11.5 Å². The Morgan fingerprint density at radius 1 is 1.18 bits per heavy atom. The first-order valence-corrected chi connectivity index (χ1v) is 6.81. The SMILES string of the molecule is Oc1ccc2c(c1)OC(Cc1cccc(C(F)(F)F)c1)CN2. The fourth-order valence-electron chi connectivity index (χ4n) is 2.45. The molecule has 0 spiro atoms. The van der Waals surface area contributed by atoms with Crippen LogP contribution in [0.2, 0.25) is 0 Å². The molecule has 0 radical (unpaired) electrons. The molecule has 0 bridgehead atoms. The highest BCUT2D eigenvalue weighted by atomic mass is 19.4. The highest BCUT2D eigenvalue weighted by Crippen LogP contribution is 2.33. The molecule has 0 aliphatic carbocycles. The van der Waals surface area contributed by atoms with Crippen LogP contribution in [-0.2, 0) is 12.6 Å². The lowest BCUT2D eigenvalue weighted by molar-refractivity contribution is -0.137. The first-order chi connectivity index (χ1) is 10.4. The van der Waals surface area contributed by atoms with Gasteiger partial charge in [0, 0.05) is 12.5 Å². The first kappa shape index (κ1) is 14.6. The summed E-state index contributed by atoms with van der Waals surface area (Å²) >= 11 is 0. The number of aromatic hydroxyl groups is 1. The van der Waals surface area contributed by atoms with Gasteiger partial charge in [0.1, 0.15) is 17.6 Å². The van der Waals surface area contributed by atoms with Gasteiger partial charge in [-0.25, -0.2) is 0 Å². The second-order valence-corrected chi connectivity index (χ2v) is 5.20. The zero-order valence-corrected chi connectivity index (χ0v) is 11.5. The van der Waals surface area contributed by atoms with E-state index < -0.39 is 11.7 Å². The Kier molecular flexibility index (Phi) is 3.60. The Hall–Kier alpha value is -2.37. The predicted octanol–water partition coefficient (Wildman–Crippen LogP) is 3.83. The summed E-state index contributed by atoms with van der Waals surface area (Å²) in [7, 11) is 0. The third kappa shape index (κ3) is 3.10. The van der Waals surface area contributed by atoms with Crippen molar-refractivity contribution >= 4 is 5.69 Å². The Morgan fingerprint density at radius 3 is 2.77 bits per heavy atom. The Bertz CT molecular complexity index is 685. The van der Waals surface area contributed by atoms with Crippen LogP contribution in [0.1, 0.15) is 11.1 Å². The smallest absolute Gasteiger partial charge is 0.416 e. The van der Waals surface area contributed by atoms with Gasteiger partial charge >= 0.3 is 6.18 Å². The van der Waals surface area contributed by atoms with E-state index in [9.17, 15) is 18.3 Å². The van der Waals surface area contributed by atoms with Crippen LogP contribution in [0.25, 0.3) is 0 Å². The van der Waals surface area contributed by atoms with Crippen LogP contribution >= 0.6 is 0 Å². The Morgan fingerprint density at radius 2 is 2.00 bits per heavy atom. The highest BCUT2D eigenvalue weighted by molar-refractivity contribution is 5.60. The molecule has 0 amide bonds. The number of rotatable bonds is 2. The van der Waals surface area contributed by atoms with E-state index >= 15 is 0 Å². The van der Waals surface area contributed by atoms with Gasteiger partial charge < -0.3 is 15.2 Å². The van der Waals surface area contributed by atoms with Crippen molar-refractivity contribution in [1.29, 1.82) is 0 Å². The number of phenols is 1. The van der Waals surface area contributed by atoms with Crippen molar-refractivity contribution in [2.75, 3.05) is 11.9 Å². The first-order valence-electron chi connectivity index (χ1n) is 6.81. The van der Waals surface area contributed by atoms with E-state index in [1.54, 1.807) is 18.2 Å². The molecule has 6 heteroatoms. The van der Waals surface area contributed by atoms with E-state index in [1.807, 2.05) is 0 Å². The molecule has 0 aromatic heterocycles. The lowest BCUT2D eigenvalue weighted by atomic mass is 10.0. The number of halogens is 3. The van der Waals surface area contributed by atoms with E-state index in [0.717, 1.165) is 17.8 Å². The number of nitrogens with one attached hydrogen (secondary N) is 1. The normalized spacial score (nSPS) is 17.3. The van der Waals surface area contributed by atoms with Gasteiger partial charge in [-0.1, -0.05) is 18.2 Å². The second-order valence-electron chi connectivity index (χ2n) is 5.20. The van der Waals surface area contributed by atoms with E-state index in [4.69, 9.17) is 4.74 Å². The largest absolute Gasteiger partial charge is 0.508 e. The molecule has 22 heavy (non-hydrogen) atoms. The lowest BCUT2D eigenvalue weighted by Gasteiger charge is -2.27. The molecule has 0 saturated carbocycles. The number of hydrogen-bond acceptors (Lipinski definition) is 3. The minimum absolute atomic E-state index is 0.0836. The molecule has 1 aliphatic rings. The quantitative estimate of drug-likeness (QED) is 0.829. The summed E-state index contributed by atoms with van der Waals surface area (Å²) in [6, 6.07) is 9.97. The van der Waals surface area contributed by atoms with Crippen molar-refractivity contribution in [2.24, 2.45) is 0 Å². The van der Waals surface area contributed by atoms with Crippen LogP contribution in [0, 0.1) is 0 Å². The molecule has 3 rings (SSSR count). The molecule has 1 heterocycles. The summed E-state index contributed by atoms with van der Waals surface area (Å²) in [5, 5.41) is 12.6. The third-order valence-corrected chi connectivity index (χ3v) is 3.50. The number of alkyl halides is 3. The maximum Gasteiger partial charge on any atom is 0.416 e. The molecule has 3 nitrogen and oxygen atoms in total. The van der Waals surface area contributed by atoms with Crippen LogP contribution in [0.15, 0.2) is 42.5 Å². The summed E-state index contributed by atoms with van der Waals surface area (Å²) in [4.78, 5) is 0. The number of hydrogen-bond donors (Lipinski definition) is 2. The maximum atomic E-state index is 12.7. The van der Waals surface area contributed by atoms with Crippen molar-refractivity contribution in [2.45, 2.75) is 18.7 Å². The molecule has 1 unspecified atom stereocenters. The maximum absolute atomic E-state index is 12.7. The van der Waals surface area contributed by atoms with Crippen LogP contribution < -0.4 is 10.1 Å². The molecule has 116 valence electrons. The van der Waals surface area contributed by atoms with Crippen molar-refractivity contribution in [3.63, 3.8) is 0 Å². The number of anilines is 1. The van der Waals surface area contributed by atoms with Crippen molar-refractivity contribution in [3.05, 3.63) is 53.6 Å². The molecule has 1 atom stereocenters. The average molecular weight is 309 g/mol. The topological polar surface area (TPSA) is 41.5 Å².